The summed E-state index contributed by atoms with van der Waals surface area (Å²) in [6.45, 7) is 0.0642. The zero-order valence-corrected chi connectivity index (χ0v) is 9.28. The van der Waals surface area contributed by atoms with E-state index in [1.165, 1.54) is 11.8 Å². The highest BCUT2D eigenvalue weighted by Crippen LogP contribution is 2.35. The number of aliphatic hydroxyl groups excluding tert-OH is 1. The number of thiophene rings is 1. The smallest absolute Gasteiger partial charge is 0.129 e. The number of aromatic hydroxyl groups is 1. The van der Waals surface area contributed by atoms with Crippen LogP contribution in [0.4, 0.5) is 0 Å². The van der Waals surface area contributed by atoms with Crippen LogP contribution in [0.15, 0.2) is 23.1 Å². The van der Waals surface area contributed by atoms with Gasteiger partial charge >= 0.3 is 0 Å². The molecule has 0 fully saturated rings. The van der Waals surface area contributed by atoms with E-state index in [9.17, 15) is 5.11 Å². The van der Waals surface area contributed by atoms with Crippen molar-refractivity contribution in [1.82, 2.24) is 0 Å². The van der Waals surface area contributed by atoms with Crippen LogP contribution < -0.4 is 0 Å². The number of phenolic OH excluding ortho intramolecular Hbond substituents is 1. The van der Waals surface area contributed by atoms with Crippen LogP contribution in [0, 0.1) is 0 Å². The van der Waals surface area contributed by atoms with E-state index in [0.717, 1.165) is 19.9 Å². The minimum absolute atomic E-state index is 0.0642. The number of thioether (sulfide) groups is 1. The van der Waals surface area contributed by atoms with Gasteiger partial charge in [-0.1, -0.05) is 0 Å². The standard InChI is InChI=1S/C10H10O2S2/c1-13-10-4-9-6(3-8(10)12)2-7(5-11)14-9/h2-4,11-12H,5H2,1H3. The van der Waals surface area contributed by atoms with Crippen LogP contribution in [-0.4, -0.2) is 16.5 Å². The summed E-state index contributed by atoms with van der Waals surface area (Å²) in [6.07, 6.45) is 1.93. The molecule has 1 aromatic heterocycles. The van der Waals surface area contributed by atoms with E-state index in [4.69, 9.17) is 5.11 Å². The average molecular weight is 226 g/mol. The Kier molecular flexibility index (Phi) is 2.67. The van der Waals surface area contributed by atoms with Crippen LogP contribution in [0.25, 0.3) is 10.1 Å². The van der Waals surface area contributed by atoms with Gasteiger partial charge in [-0.2, -0.15) is 0 Å². The molecule has 0 bridgehead atoms. The molecule has 1 heterocycles. The van der Waals surface area contributed by atoms with E-state index in [1.807, 2.05) is 18.4 Å². The van der Waals surface area contributed by atoms with Gasteiger partial charge in [0.2, 0.25) is 0 Å². The van der Waals surface area contributed by atoms with Gasteiger partial charge in [-0.3, -0.25) is 0 Å². The topological polar surface area (TPSA) is 40.5 Å². The van der Waals surface area contributed by atoms with Gasteiger partial charge in [0.1, 0.15) is 5.75 Å². The van der Waals surface area contributed by atoms with E-state index < -0.39 is 0 Å². The van der Waals surface area contributed by atoms with Crippen molar-refractivity contribution in [2.24, 2.45) is 0 Å². The largest absolute Gasteiger partial charge is 0.507 e. The first-order valence-electron chi connectivity index (χ1n) is 4.15. The van der Waals surface area contributed by atoms with Crippen molar-refractivity contribution in [1.29, 1.82) is 0 Å². The Labute approximate surface area is 90.2 Å². The summed E-state index contributed by atoms with van der Waals surface area (Å²) < 4.78 is 1.11. The van der Waals surface area contributed by atoms with E-state index in [2.05, 4.69) is 0 Å². The van der Waals surface area contributed by atoms with Crippen LogP contribution >= 0.6 is 23.1 Å². The van der Waals surface area contributed by atoms with Crippen molar-refractivity contribution >= 4 is 33.2 Å². The third kappa shape index (κ3) is 1.61. The normalized spacial score (nSPS) is 11.0. The molecule has 2 rings (SSSR count). The SMILES string of the molecule is CSc1cc2sc(CO)cc2cc1O. The molecule has 0 saturated carbocycles. The summed E-state index contributed by atoms with van der Waals surface area (Å²) in [5, 5.41) is 19.6. The Balaban J connectivity index is 2.64. The summed E-state index contributed by atoms with van der Waals surface area (Å²) in [7, 11) is 0. The van der Waals surface area contributed by atoms with Gasteiger partial charge < -0.3 is 10.2 Å². The number of benzene rings is 1. The van der Waals surface area contributed by atoms with Crippen molar-refractivity contribution in [2.45, 2.75) is 11.5 Å². The average Bonchev–Trinajstić information content (AvgIpc) is 2.58. The molecular weight excluding hydrogens is 216 g/mol. The number of hydrogen-bond donors (Lipinski definition) is 2. The molecule has 0 radical (unpaired) electrons. The Bertz CT molecular complexity index is 462. The fraction of sp³-hybridized carbons (Fsp3) is 0.200. The first kappa shape index (κ1) is 9.83. The molecule has 0 spiro atoms. The molecule has 2 aromatic rings. The number of fused-ring (bicyclic) bond motifs is 1. The number of hydrogen-bond acceptors (Lipinski definition) is 4. The molecule has 0 unspecified atom stereocenters. The van der Waals surface area contributed by atoms with Gasteiger partial charge in [0.25, 0.3) is 0 Å². The predicted octanol–water partition coefficient (Wildman–Crippen LogP) is 2.82. The minimum Gasteiger partial charge on any atom is -0.507 e. The van der Waals surface area contributed by atoms with Crippen molar-refractivity contribution < 1.29 is 10.2 Å². The van der Waals surface area contributed by atoms with E-state index in [0.29, 0.717) is 5.75 Å². The summed E-state index contributed by atoms with van der Waals surface area (Å²) >= 11 is 3.08. The lowest BCUT2D eigenvalue weighted by Crippen LogP contribution is -1.72. The van der Waals surface area contributed by atoms with Gasteiger partial charge in [-0.05, 0) is 29.8 Å². The molecule has 2 N–H and O–H groups in total. The Morgan fingerprint density at radius 3 is 2.79 bits per heavy atom. The number of aliphatic hydroxyl groups is 1. The minimum atomic E-state index is 0.0642. The molecule has 0 aliphatic carbocycles. The lowest BCUT2D eigenvalue weighted by Gasteiger charge is -1.99. The molecular formula is C10H10O2S2. The quantitative estimate of drug-likeness (QED) is 0.774. The monoisotopic (exact) mass is 226 g/mol. The maximum Gasteiger partial charge on any atom is 0.129 e. The first-order chi connectivity index (χ1) is 6.74. The van der Waals surface area contributed by atoms with Gasteiger partial charge in [0, 0.05) is 9.58 Å². The van der Waals surface area contributed by atoms with Crippen LogP contribution in [0.3, 0.4) is 0 Å². The lowest BCUT2D eigenvalue weighted by molar-refractivity contribution is 0.285. The highest BCUT2D eigenvalue weighted by atomic mass is 32.2. The van der Waals surface area contributed by atoms with Gasteiger partial charge in [-0.15, -0.1) is 23.1 Å². The fourth-order valence-corrected chi connectivity index (χ4v) is 2.88. The third-order valence-electron chi connectivity index (χ3n) is 2.02. The van der Waals surface area contributed by atoms with Gasteiger partial charge in [-0.25, -0.2) is 0 Å². The highest BCUT2D eigenvalue weighted by Gasteiger charge is 2.06. The van der Waals surface area contributed by atoms with E-state index >= 15 is 0 Å². The molecule has 1 aromatic carbocycles. The third-order valence-corrected chi connectivity index (χ3v) is 3.87. The van der Waals surface area contributed by atoms with Crippen LogP contribution in [0.1, 0.15) is 4.88 Å². The van der Waals surface area contributed by atoms with E-state index in [1.54, 1.807) is 17.4 Å². The molecule has 14 heavy (non-hydrogen) atoms. The molecule has 2 nitrogen and oxygen atoms in total. The zero-order valence-electron chi connectivity index (χ0n) is 7.65. The molecule has 0 aliphatic rings. The summed E-state index contributed by atoms with van der Waals surface area (Å²) in [5.41, 5.74) is 0. The summed E-state index contributed by atoms with van der Waals surface area (Å²) in [6, 6.07) is 5.61. The second kappa shape index (κ2) is 3.81. The maximum absolute atomic E-state index is 9.61. The Hall–Kier alpha value is -0.710. The van der Waals surface area contributed by atoms with Crippen LogP contribution in [-0.2, 0) is 6.61 Å². The molecule has 0 atom stereocenters. The van der Waals surface area contributed by atoms with Crippen molar-refractivity contribution in [2.75, 3.05) is 6.26 Å². The van der Waals surface area contributed by atoms with Crippen LogP contribution in [0.2, 0.25) is 0 Å². The Morgan fingerprint density at radius 2 is 2.14 bits per heavy atom. The maximum atomic E-state index is 9.61. The highest BCUT2D eigenvalue weighted by molar-refractivity contribution is 7.98. The van der Waals surface area contributed by atoms with Gasteiger partial charge in [0.05, 0.1) is 11.5 Å². The second-order valence-electron chi connectivity index (χ2n) is 2.93. The number of rotatable bonds is 2. The second-order valence-corrected chi connectivity index (χ2v) is 4.95. The predicted molar refractivity (Wildman–Crippen MR) is 61.2 cm³/mol. The summed E-state index contributed by atoms with van der Waals surface area (Å²) in [4.78, 5) is 1.81. The lowest BCUT2D eigenvalue weighted by atomic mass is 10.2. The Morgan fingerprint density at radius 1 is 1.36 bits per heavy atom. The summed E-state index contributed by atoms with van der Waals surface area (Å²) in [5.74, 6) is 0.312. The molecule has 0 aliphatic heterocycles. The molecule has 0 saturated heterocycles. The van der Waals surface area contributed by atoms with E-state index in [-0.39, 0.29) is 6.61 Å². The molecule has 74 valence electrons. The van der Waals surface area contributed by atoms with Crippen molar-refractivity contribution in [3.63, 3.8) is 0 Å². The number of phenols is 1. The first-order valence-corrected chi connectivity index (χ1v) is 6.19. The van der Waals surface area contributed by atoms with Crippen LogP contribution in [0.5, 0.6) is 5.75 Å². The molecule has 0 amide bonds. The van der Waals surface area contributed by atoms with Gasteiger partial charge in [0.15, 0.2) is 0 Å². The fourth-order valence-electron chi connectivity index (χ4n) is 1.35. The van der Waals surface area contributed by atoms with Crippen molar-refractivity contribution in [3.8, 4) is 5.75 Å². The van der Waals surface area contributed by atoms with Crippen molar-refractivity contribution in [3.05, 3.63) is 23.1 Å². The zero-order chi connectivity index (χ0) is 10.1. The molecule has 4 heteroatoms.